The van der Waals surface area contributed by atoms with Gasteiger partial charge in [-0.1, -0.05) is 11.8 Å². The largest absolute Gasteiger partial charge is 0.461 e. The summed E-state index contributed by atoms with van der Waals surface area (Å²) in [5, 5.41) is 8.90. The molecule has 12 heteroatoms. The van der Waals surface area contributed by atoms with Crippen molar-refractivity contribution in [3.63, 3.8) is 0 Å². The van der Waals surface area contributed by atoms with Crippen LogP contribution in [0.25, 0.3) is 11.6 Å². The number of nitrogens with zero attached hydrogens (tertiary/aromatic N) is 7. The quantitative estimate of drug-likeness (QED) is 0.498. The average Bonchev–Trinajstić information content (AvgIpc) is 3.46. The van der Waals surface area contributed by atoms with Crippen LogP contribution in [-0.2, 0) is 16.1 Å². The SMILES string of the molecule is NC(=O)CCn1c(SCC(=O)N2CCN(c3cnccn3)CC2)nnc1-c1ccco1. The van der Waals surface area contributed by atoms with Gasteiger partial charge in [0.25, 0.3) is 0 Å². The number of anilines is 1. The van der Waals surface area contributed by atoms with Crippen LogP contribution in [0, 0.1) is 0 Å². The summed E-state index contributed by atoms with van der Waals surface area (Å²) < 4.78 is 7.17. The van der Waals surface area contributed by atoms with Gasteiger partial charge in [-0.05, 0) is 12.1 Å². The van der Waals surface area contributed by atoms with Crippen molar-refractivity contribution in [2.24, 2.45) is 5.73 Å². The first-order valence-electron chi connectivity index (χ1n) is 9.78. The molecule has 3 aromatic heterocycles. The fourth-order valence-corrected chi connectivity index (χ4v) is 4.13. The van der Waals surface area contributed by atoms with Gasteiger partial charge in [0.1, 0.15) is 5.82 Å². The molecular weight excluding hydrogens is 420 g/mol. The first kappa shape index (κ1) is 20.8. The van der Waals surface area contributed by atoms with Gasteiger partial charge in [-0.15, -0.1) is 10.2 Å². The van der Waals surface area contributed by atoms with Crippen molar-refractivity contribution in [1.29, 1.82) is 0 Å². The van der Waals surface area contributed by atoms with Gasteiger partial charge in [0, 0.05) is 51.5 Å². The van der Waals surface area contributed by atoms with Crippen molar-refractivity contribution >= 4 is 29.4 Å². The minimum absolute atomic E-state index is 0.0211. The van der Waals surface area contributed by atoms with Gasteiger partial charge >= 0.3 is 0 Å². The number of nitrogens with two attached hydrogens (primary N) is 1. The van der Waals surface area contributed by atoms with Crippen LogP contribution in [0.4, 0.5) is 5.82 Å². The maximum atomic E-state index is 12.7. The number of thioether (sulfide) groups is 1. The van der Waals surface area contributed by atoms with Crippen LogP contribution in [0.2, 0.25) is 0 Å². The third kappa shape index (κ3) is 5.02. The van der Waals surface area contributed by atoms with Gasteiger partial charge in [-0.25, -0.2) is 4.98 Å². The maximum absolute atomic E-state index is 12.7. The predicted octanol–water partition coefficient (Wildman–Crippen LogP) is 0.644. The van der Waals surface area contributed by atoms with Crippen molar-refractivity contribution in [1.82, 2.24) is 29.6 Å². The van der Waals surface area contributed by atoms with E-state index in [-0.39, 0.29) is 18.1 Å². The van der Waals surface area contributed by atoms with Gasteiger partial charge < -0.3 is 20.0 Å². The first-order chi connectivity index (χ1) is 15.1. The normalized spacial score (nSPS) is 14.1. The predicted molar refractivity (Wildman–Crippen MR) is 113 cm³/mol. The fourth-order valence-electron chi connectivity index (χ4n) is 3.26. The summed E-state index contributed by atoms with van der Waals surface area (Å²) in [7, 11) is 0. The van der Waals surface area contributed by atoms with Gasteiger partial charge in [-0.3, -0.25) is 19.1 Å². The molecule has 162 valence electrons. The number of carbonyl (C=O) groups is 2. The van der Waals surface area contributed by atoms with Crippen molar-refractivity contribution < 1.29 is 14.0 Å². The zero-order valence-corrected chi connectivity index (χ0v) is 17.6. The molecular formula is C19H22N8O3S. The summed E-state index contributed by atoms with van der Waals surface area (Å²) in [5.74, 6) is 1.67. The van der Waals surface area contributed by atoms with Crippen LogP contribution in [0.5, 0.6) is 0 Å². The molecule has 0 saturated carbocycles. The summed E-state index contributed by atoms with van der Waals surface area (Å²) in [4.78, 5) is 36.3. The molecule has 0 spiro atoms. The molecule has 3 aromatic rings. The molecule has 0 atom stereocenters. The Bertz CT molecular complexity index is 1020. The lowest BCUT2D eigenvalue weighted by molar-refractivity contribution is -0.128. The molecule has 31 heavy (non-hydrogen) atoms. The Morgan fingerprint density at radius 3 is 2.68 bits per heavy atom. The summed E-state index contributed by atoms with van der Waals surface area (Å²) in [6.45, 7) is 2.94. The summed E-state index contributed by atoms with van der Waals surface area (Å²) in [6, 6.07) is 3.51. The highest BCUT2D eigenvalue weighted by Gasteiger charge is 2.23. The number of rotatable bonds is 8. The second-order valence-electron chi connectivity index (χ2n) is 6.87. The van der Waals surface area contributed by atoms with Crippen LogP contribution in [-0.4, -0.2) is 73.4 Å². The second kappa shape index (κ2) is 9.60. The Hall–Kier alpha value is -3.41. The fraction of sp³-hybridized carbons (Fsp3) is 0.368. The summed E-state index contributed by atoms with van der Waals surface area (Å²) >= 11 is 1.28. The smallest absolute Gasteiger partial charge is 0.233 e. The van der Waals surface area contributed by atoms with E-state index in [1.807, 2.05) is 4.90 Å². The van der Waals surface area contributed by atoms with E-state index >= 15 is 0 Å². The van der Waals surface area contributed by atoms with Crippen LogP contribution < -0.4 is 10.6 Å². The number of hydrogen-bond donors (Lipinski definition) is 1. The third-order valence-corrected chi connectivity index (χ3v) is 5.82. The lowest BCUT2D eigenvalue weighted by Crippen LogP contribution is -2.49. The molecule has 0 bridgehead atoms. The molecule has 0 aliphatic carbocycles. The molecule has 4 heterocycles. The molecule has 11 nitrogen and oxygen atoms in total. The minimum Gasteiger partial charge on any atom is -0.461 e. The van der Waals surface area contributed by atoms with Gasteiger partial charge in [0.05, 0.1) is 18.2 Å². The minimum atomic E-state index is -0.424. The number of carbonyl (C=O) groups excluding carboxylic acids is 2. The van der Waals surface area contributed by atoms with E-state index in [4.69, 9.17) is 10.2 Å². The molecule has 0 radical (unpaired) electrons. The van der Waals surface area contributed by atoms with E-state index in [2.05, 4.69) is 25.1 Å². The van der Waals surface area contributed by atoms with E-state index in [0.717, 1.165) is 5.82 Å². The molecule has 0 aromatic carbocycles. The average molecular weight is 443 g/mol. The molecule has 2 amide bonds. The molecule has 1 aliphatic heterocycles. The highest BCUT2D eigenvalue weighted by atomic mass is 32.2. The number of furan rings is 1. The number of primary amides is 1. The second-order valence-corrected chi connectivity index (χ2v) is 7.81. The molecule has 2 N–H and O–H groups in total. The zero-order valence-electron chi connectivity index (χ0n) is 16.8. The van der Waals surface area contributed by atoms with Crippen molar-refractivity contribution in [3.05, 3.63) is 37.0 Å². The maximum Gasteiger partial charge on any atom is 0.233 e. The molecule has 1 aliphatic rings. The molecule has 1 saturated heterocycles. The van der Waals surface area contributed by atoms with Gasteiger partial charge in [0.2, 0.25) is 11.8 Å². The van der Waals surface area contributed by atoms with Crippen LogP contribution >= 0.6 is 11.8 Å². The number of aromatic nitrogens is 5. The Morgan fingerprint density at radius 1 is 1.16 bits per heavy atom. The topological polar surface area (TPSA) is 136 Å². The Kier molecular flexibility index (Phi) is 6.46. The molecule has 1 fully saturated rings. The number of hydrogen-bond acceptors (Lipinski definition) is 9. The van der Waals surface area contributed by atoms with Gasteiger partial charge in [0.15, 0.2) is 16.7 Å². The van der Waals surface area contributed by atoms with E-state index in [1.54, 1.807) is 41.6 Å². The monoisotopic (exact) mass is 442 g/mol. The van der Waals surface area contributed by atoms with Crippen molar-refractivity contribution in [3.8, 4) is 11.6 Å². The number of piperazine rings is 1. The highest BCUT2D eigenvalue weighted by molar-refractivity contribution is 7.99. The molecule has 4 rings (SSSR count). The van der Waals surface area contributed by atoms with Crippen LogP contribution in [0.1, 0.15) is 6.42 Å². The van der Waals surface area contributed by atoms with Crippen molar-refractivity contribution in [2.75, 3.05) is 36.8 Å². The third-order valence-electron chi connectivity index (χ3n) is 4.87. The standard InChI is InChI=1S/C19H22N8O3S/c20-15(28)3-6-27-18(14-2-1-11-30-14)23-24-19(27)31-13-17(29)26-9-7-25(8-10-26)16-12-21-4-5-22-16/h1-2,4-5,11-12H,3,6-10,13H2,(H2,20,28). The van der Waals surface area contributed by atoms with Crippen LogP contribution in [0.3, 0.4) is 0 Å². The van der Waals surface area contributed by atoms with E-state index < -0.39 is 5.91 Å². The highest BCUT2D eigenvalue weighted by Crippen LogP contribution is 2.25. The van der Waals surface area contributed by atoms with Crippen molar-refractivity contribution in [2.45, 2.75) is 18.1 Å². The van der Waals surface area contributed by atoms with E-state index in [9.17, 15) is 9.59 Å². The molecule has 0 unspecified atom stereocenters. The lowest BCUT2D eigenvalue weighted by atomic mass is 10.3. The van der Waals surface area contributed by atoms with Crippen LogP contribution in [0.15, 0.2) is 46.6 Å². The first-order valence-corrected chi connectivity index (χ1v) is 10.8. The van der Waals surface area contributed by atoms with E-state index in [1.165, 1.54) is 11.8 Å². The zero-order chi connectivity index (χ0) is 21.6. The number of amides is 2. The lowest BCUT2D eigenvalue weighted by Gasteiger charge is -2.35. The van der Waals surface area contributed by atoms with Gasteiger partial charge in [-0.2, -0.15) is 0 Å². The Balaban J connectivity index is 1.36. The Labute approximate surface area is 182 Å². The Morgan fingerprint density at radius 2 is 2.00 bits per heavy atom. The van der Waals surface area contributed by atoms with E-state index in [0.29, 0.717) is 49.5 Å². The summed E-state index contributed by atoms with van der Waals surface area (Å²) in [5.41, 5.74) is 5.30. The summed E-state index contributed by atoms with van der Waals surface area (Å²) in [6.07, 6.45) is 6.70.